The normalized spacial score (nSPS) is 26.9. The maximum absolute atomic E-state index is 11.4. The number of likely N-dealkylation sites (N-methyl/N-ethyl adjacent to an activating group) is 1. The second-order valence-corrected chi connectivity index (χ2v) is 7.90. The summed E-state index contributed by atoms with van der Waals surface area (Å²) in [7, 11) is 5.34. The molecule has 5 rings (SSSR count). The highest BCUT2D eigenvalue weighted by Crippen LogP contribution is 2.57. The number of rotatable bonds is 2. The number of hydrogen-bond donors (Lipinski definition) is 2. The molecule has 28 heavy (non-hydrogen) atoms. The van der Waals surface area contributed by atoms with E-state index in [-0.39, 0.29) is 18.6 Å². The van der Waals surface area contributed by atoms with Crippen LogP contribution in [0.5, 0.6) is 28.7 Å². The Morgan fingerprint density at radius 3 is 2.75 bits per heavy atom. The lowest BCUT2D eigenvalue weighted by Crippen LogP contribution is -2.55. The molecule has 0 fully saturated rings. The summed E-state index contributed by atoms with van der Waals surface area (Å²) in [5, 5.41) is 22.4. The van der Waals surface area contributed by atoms with Crippen LogP contribution in [0, 0.1) is 0 Å². The van der Waals surface area contributed by atoms with E-state index in [1.54, 1.807) is 14.2 Å². The standard InChI is InChI=1S/C21H23NO6/c1-22-7-6-11-8-15-21(28-10-27-15)19(24)16(11)17(22)18(23)12-4-5-14(25-2)20(26-3)13(12)9-22/h4-5,8,17-18,23H,6-7,9-10H2,1-3H3/p+1/t17-,18+,22?/m1/s1. The van der Waals surface area contributed by atoms with E-state index in [1.165, 1.54) is 0 Å². The van der Waals surface area contributed by atoms with Crippen molar-refractivity contribution in [3.63, 3.8) is 0 Å². The summed E-state index contributed by atoms with van der Waals surface area (Å²) < 4.78 is 22.6. The first kappa shape index (κ1) is 17.5. The van der Waals surface area contributed by atoms with Crippen LogP contribution in [0.4, 0.5) is 0 Å². The van der Waals surface area contributed by atoms with Gasteiger partial charge in [0, 0.05) is 6.42 Å². The molecule has 0 amide bonds. The lowest BCUT2D eigenvalue weighted by molar-refractivity contribution is -0.960. The van der Waals surface area contributed by atoms with Crippen molar-refractivity contribution >= 4 is 0 Å². The Kier molecular flexibility index (Phi) is 3.70. The third-order valence-electron chi connectivity index (χ3n) is 6.44. The van der Waals surface area contributed by atoms with Crippen LogP contribution < -0.4 is 18.9 Å². The fourth-order valence-corrected chi connectivity index (χ4v) is 5.11. The molecular weight excluding hydrogens is 362 g/mol. The highest BCUT2D eigenvalue weighted by atomic mass is 16.7. The van der Waals surface area contributed by atoms with Crippen molar-refractivity contribution in [1.82, 2.24) is 0 Å². The van der Waals surface area contributed by atoms with E-state index >= 15 is 0 Å². The smallest absolute Gasteiger partial charge is 0.231 e. The third kappa shape index (κ3) is 2.17. The Morgan fingerprint density at radius 2 is 2.00 bits per heavy atom. The van der Waals surface area contributed by atoms with E-state index in [2.05, 4.69) is 7.05 Å². The van der Waals surface area contributed by atoms with Crippen molar-refractivity contribution in [1.29, 1.82) is 0 Å². The molecule has 148 valence electrons. The second kappa shape index (κ2) is 5.93. The molecule has 3 heterocycles. The summed E-state index contributed by atoms with van der Waals surface area (Å²) in [4.78, 5) is 0. The van der Waals surface area contributed by atoms with Gasteiger partial charge < -0.3 is 33.6 Å². The molecule has 0 spiro atoms. The number of methoxy groups -OCH3 is 2. The highest BCUT2D eigenvalue weighted by molar-refractivity contribution is 5.62. The van der Waals surface area contributed by atoms with Crippen LogP contribution in [-0.2, 0) is 13.0 Å². The number of benzene rings is 2. The molecule has 0 bridgehead atoms. The van der Waals surface area contributed by atoms with Gasteiger partial charge in [-0.3, -0.25) is 0 Å². The molecule has 0 aromatic heterocycles. The van der Waals surface area contributed by atoms with Crippen LogP contribution in [0.25, 0.3) is 0 Å². The van der Waals surface area contributed by atoms with Crippen molar-refractivity contribution in [3.8, 4) is 28.7 Å². The number of hydrogen-bond acceptors (Lipinski definition) is 6. The molecule has 2 aromatic carbocycles. The molecule has 2 aromatic rings. The Morgan fingerprint density at radius 1 is 1.18 bits per heavy atom. The minimum atomic E-state index is -0.793. The number of nitrogens with zero attached hydrogens (tertiary/aromatic N) is 1. The molecule has 0 saturated heterocycles. The Hall–Kier alpha value is -2.64. The lowest BCUT2D eigenvalue weighted by Gasteiger charge is -2.50. The summed E-state index contributed by atoms with van der Waals surface area (Å²) in [6.07, 6.45) is -0.0141. The van der Waals surface area contributed by atoms with Crippen molar-refractivity contribution in [2.45, 2.75) is 25.1 Å². The first-order valence-corrected chi connectivity index (χ1v) is 9.39. The first-order valence-electron chi connectivity index (χ1n) is 9.39. The largest absolute Gasteiger partial charge is 0.504 e. The summed E-state index contributed by atoms with van der Waals surface area (Å²) in [5.41, 5.74) is 3.52. The van der Waals surface area contributed by atoms with Crippen molar-refractivity contribution < 1.29 is 33.6 Å². The van der Waals surface area contributed by atoms with E-state index in [4.69, 9.17) is 18.9 Å². The second-order valence-electron chi connectivity index (χ2n) is 7.90. The highest BCUT2D eigenvalue weighted by Gasteiger charge is 2.51. The van der Waals surface area contributed by atoms with Crippen LogP contribution in [0.15, 0.2) is 18.2 Å². The summed E-state index contributed by atoms with van der Waals surface area (Å²) in [6, 6.07) is 5.35. The Labute approximate surface area is 163 Å². The van der Waals surface area contributed by atoms with Crippen LogP contribution in [-0.4, -0.2) is 49.3 Å². The fraction of sp³-hybridized carbons (Fsp3) is 0.429. The SMILES string of the molecule is COc1ccc2c(c1OC)C[N+]1(C)CCc3cc4c(c(O)c3[C@@H]1[C@H]2O)OCO4. The topological polar surface area (TPSA) is 77.4 Å². The van der Waals surface area contributed by atoms with Crippen molar-refractivity contribution in [2.75, 3.05) is 34.6 Å². The van der Waals surface area contributed by atoms with E-state index in [0.29, 0.717) is 34.0 Å². The summed E-state index contributed by atoms with van der Waals surface area (Å²) in [5.74, 6) is 2.35. The molecule has 1 unspecified atom stereocenters. The number of fused-ring (bicyclic) bond motifs is 5. The predicted molar refractivity (Wildman–Crippen MR) is 99.9 cm³/mol. The van der Waals surface area contributed by atoms with Gasteiger partial charge in [0.15, 0.2) is 23.0 Å². The molecule has 3 atom stereocenters. The lowest BCUT2D eigenvalue weighted by atomic mass is 9.79. The minimum Gasteiger partial charge on any atom is -0.504 e. The van der Waals surface area contributed by atoms with Gasteiger partial charge in [0.1, 0.15) is 18.7 Å². The average molecular weight is 386 g/mol. The molecule has 2 N–H and O–H groups in total. The zero-order chi connectivity index (χ0) is 19.6. The molecule has 0 saturated carbocycles. The summed E-state index contributed by atoms with van der Waals surface area (Å²) in [6.45, 7) is 1.60. The van der Waals surface area contributed by atoms with Gasteiger partial charge in [-0.1, -0.05) is 6.07 Å². The number of quaternary nitrogens is 1. The van der Waals surface area contributed by atoms with Crippen molar-refractivity contribution in [3.05, 3.63) is 40.5 Å². The number of aliphatic hydroxyl groups excluding tert-OH is 1. The molecule has 3 aliphatic rings. The Bertz CT molecular complexity index is 974. The van der Waals surface area contributed by atoms with Crippen LogP contribution in [0.2, 0.25) is 0 Å². The van der Waals surface area contributed by atoms with Crippen molar-refractivity contribution in [2.24, 2.45) is 0 Å². The minimum absolute atomic E-state index is 0.0852. The monoisotopic (exact) mass is 386 g/mol. The third-order valence-corrected chi connectivity index (χ3v) is 6.44. The fourth-order valence-electron chi connectivity index (χ4n) is 5.11. The number of phenolic OH excluding ortho intramolecular Hbond substituents is 1. The molecular formula is C21H24NO6+. The van der Waals surface area contributed by atoms with Gasteiger partial charge in [0.25, 0.3) is 0 Å². The molecule has 7 heteroatoms. The number of phenols is 1. The van der Waals surface area contributed by atoms with Gasteiger partial charge in [0.05, 0.1) is 38.9 Å². The predicted octanol–water partition coefficient (Wildman–Crippen LogP) is 2.43. The zero-order valence-electron chi connectivity index (χ0n) is 16.2. The van der Waals surface area contributed by atoms with Crippen LogP contribution >= 0.6 is 0 Å². The number of ether oxygens (including phenoxy) is 4. The Balaban J connectivity index is 1.71. The quantitative estimate of drug-likeness (QED) is 0.772. The maximum atomic E-state index is 11.4. The van der Waals surface area contributed by atoms with Crippen LogP contribution in [0.1, 0.15) is 34.4 Å². The van der Waals surface area contributed by atoms with Gasteiger partial charge in [0.2, 0.25) is 12.5 Å². The zero-order valence-corrected chi connectivity index (χ0v) is 16.2. The van der Waals surface area contributed by atoms with Gasteiger partial charge >= 0.3 is 0 Å². The van der Waals surface area contributed by atoms with Gasteiger partial charge in [-0.05, 0) is 23.3 Å². The first-order chi connectivity index (χ1) is 13.5. The van der Waals surface area contributed by atoms with E-state index in [1.807, 2.05) is 18.2 Å². The number of aromatic hydroxyl groups is 1. The maximum Gasteiger partial charge on any atom is 0.231 e. The van der Waals surface area contributed by atoms with Gasteiger partial charge in [-0.15, -0.1) is 0 Å². The van der Waals surface area contributed by atoms with E-state index in [0.717, 1.165) is 35.2 Å². The average Bonchev–Trinajstić information content (AvgIpc) is 3.16. The molecule has 0 radical (unpaired) electrons. The number of aliphatic hydroxyl groups is 1. The van der Waals surface area contributed by atoms with Crippen LogP contribution in [0.3, 0.4) is 0 Å². The summed E-state index contributed by atoms with van der Waals surface area (Å²) >= 11 is 0. The van der Waals surface area contributed by atoms with Gasteiger partial charge in [-0.25, -0.2) is 0 Å². The molecule has 7 nitrogen and oxygen atoms in total. The van der Waals surface area contributed by atoms with Gasteiger partial charge in [-0.2, -0.15) is 0 Å². The van der Waals surface area contributed by atoms with E-state index in [9.17, 15) is 10.2 Å². The van der Waals surface area contributed by atoms with E-state index < -0.39 is 6.10 Å². The molecule has 3 aliphatic heterocycles. The molecule has 0 aliphatic carbocycles.